The van der Waals surface area contributed by atoms with Gasteiger partial charge in [0, 0.05) is 18.8 Å². The molecule has 19 heavy (non-hydrogen) atoms. The first-order chi connectivity index (χ1) is 8.90. The van der Waals surface area contributed by atoms with Gasteiger partial charge in [0.05, 0.1) is 5.69 Å². The fourth-order valence-corrected chi connectivity index (χ4v) is 2.56. The van der Waals surface area contributed by atoms with Gasteiger partial charge in [0.25, 0.3) is 0 Å². The molecule has 0 bridgehead atoms. The third-order valence-electron chi connectivity index (χ3n) is 2.83. The minimum Gasteiger partial charge on any atom is -0.399 e. The molecule has 0 aromatic heterocycles. The second-order valence-corrected chi connectivity index (χ2v) is 6.32. The lowest BCUT2D eigenvalue weighted by Crippen LogP contribution is -2.21. The smallest absolute Gasteiger partial charge is 0.242 e. The zero-order valence-corrected chi connectivity index (χ0v) is 12.0. The maximum absolute atomic E-state index is 11.9. The highest BCUT2D eigenvalue weighted by Gasteiger charge is 2.17. The van der Waals surface area contributed by atoms with Gasteiger partial charge in [-0.2, -0.15) is 0 Å². The summed E-state index contributed by atoms with van der Waals surface area (Å²) in [5.74, 6) is 0.243. The molecular weight excluding hydrogens is 266 g/mol. The molecule has 6 nitrogen and oxygen atoms in total. The number of benzene rings is 1. The summed E-state index contributed by atoms with van der Waals surface area (Å²) in [6, 6.07) is 4.71. The minimum absolute atomic E-state index is 0.117. The van der Waals surface area contributed by atoms with Gasteiger partial charge in [0.2, 0.25) is 10.0 Å². The van der Waals surface area contributed by atoms with Gasteiger partial charge in [0.1, 0.15) is 4.90 Å². The number of aliphatic hydroxyl groups is 1. The monoisotopic (exact) mass is 287 g/mol. The standard InChI is InChI=1S/C12H21N3O3S/c1-9(5-6-16)8-15-11-4-3-10(13)7-12(11)19(17,18)14-2/h3-4,7,9,14-16H,5-6,8,13H2,1-2H3. The summed E-state index contributed by atoms with van der Waals surface area (Å²) in [6.45, 7) is 2.68. The summed E-state index contributed by atoms with van der Waals surface area (Å²) in [7, 11) is -2.20. The Morgan fingerprint density at radius 2 is 2.11 bits per heavy atom. The van der Waals surface area contributed by atoms with Crippen LogP contribution in [0.5, 0.6) is 0 Å². The molecular formula is C12H21N3O3S. The average Bonchev–Trinajstić information content (AvgIpc) is 2.37. The maximum atomic E-state index is 11.9. The SMILES string of the molecule is CNS(=O)(=O)c1cc(N)ccc1NCC(C)CCO. The van der Waals surface area contributed by atoms with E-state index in [1.165, 1.54) is 13.1 Å². The normalized spacial score (nSPS) is 13.2. The highest BCUT2D eigenvalue weighted by Crippen LogP contribution is 2.24. The second kappa shape index (κ2) is 6.74. The van der Waals surface area contributed by atoms with Crippen LogP contribution in [-0.2, 0) is 10.0 Å². The predicted octanol–water partition coefficient (Wildman–Crippen LogP) is 0.607. The molecule has 0 saturated carbocycles. The van der Waals surface area contributed by atoms with Crippen LogP contribution in [0.25, 0.3) is 0 Å². The summed E-state index contributed by atoms with van der Waals surface area (Å²) >= 11 is 0. The lowest BCUT2D eigenvalue weighted by molar-refractivity contribution is 0.266. The maximum Gasteiger partial charge on any atom is 0.242 e. The Morgan fingerprint density at radius 3 is 2.68 bits per heavy atom. The minimum atomic E-state index is -3.55. The van der Waals surface area contributed by atoms with Crippen LogP contribution in [-0.4, -0.2) is 33.7 Å². The Kier molecular flexibility index (Phi) is 5.59. The first-order valence-electron chi connectivity index (χ1n) is 6.08. The van der Waals surface area contributed by atoms with Crippen molar-refractivity contribution in [3.05, 3.63) is 18.2 Å². The number of nitrogens with one attached hydrogen (secondary N) is 2. The molecule has 1 rings (SSSR count). The van der Waals surface area contributed by atoms with E-state index >= 15 is 0 Å². The van der Waals surface area contributed by atoms with Crippen LogP contribution >= 0.6 is 0 Å². The third kappa shape index (κ3) is 4.38. The number of rotatable bonds is 7. The van der Waals surface area contributed by atoms with E-state index in [0.29, 0.717) is 24.3 Å². The van der Waals surface area contributed by atoms with Crippen LogP contribution in [0.4, 0.5) is 11.4 Å². The molecule has 0 saturated heterocycles. The van der Waals surface area contributed by atoms with Crippen LogP contribution < -0.4 is 15.8 Å². The number of nitrogens with two attached hydrogens (primary N) is 1. The molecule has 0 amide bonds. The van der Waals surface area contributed by atoms with Crippen LogP contribution in [0.15, 0.2) is 23.1 Å². The predicted molar refractivity (Wildman–Crippen MR) is 76.5 cm³/mol. The van der Waals surface area contributed by atoms with Gasteiger partial charge in [0.15, 0.2) is 0 Å². The summed E-state index contributed by atoms with van der Waals surface area (Å²) in [6.07, 6.45) is 0.663. The van der Waals surface area contributed by atoms with Gasteiger partial charge in [-0.1, -0.05) is 6.92 Å². The van der Waals surface area contributed by atoms with Crippen LogP contribution in [0.1, 0.15) is 13.3 Å². The Hall–Kier alpha value is -1.31. The number of aliphatic hydroxyl groups excluding tert-OH is 1. The Bertz CT molecular complexity index is 517. The molecule has 1 atom stereocenters. The van der Waals surface area contributed by atoms with Crippen LogP contribution in [0, 0.1) is 5.92 Å². The van der Waals surface area contributed by atoms with E-state index in [9.17, 15) is 8.42 Å². The van der Waals surface area contributed by atoms with Crippen molar-refractivity contribution >= 4 is 21.4 Å². The first kappa shape index (κ1) is 15.7. The molecule has 0 radical (unpaired) electrons. The topological polar surface area (TPSA) is 104 Å². The third-order valence-corrected chi connectivity index (χ3v) is 4.28. The van der Waals surface area contributed by atoms with E-state index < -0.39 is 10.0 Å². The zero-order valence-electron chi connectivity index (χ0n) is 11.2. The van der Waals surface area contributed by atoms with E-state index in [2.05, 4.69) is 10.0 Å². The van der Waals surface area contributed by atoms with Crippen LogP contribution in [0.3, 0.4) is 0 Å². The van der Waals surface area contributed by atoms with Crippen molar-refractivity contribution in [3.8, 4) is 0 Å². The molecule has 0 aliphatic carbocycles. The van der Waals surface area contributed by atoms with Crippen molar-refractivity contribution in [3.63, 3.8) is 0 Å². The van der Waals surface area contributed by atoms with E-state index in [1.54, 1.807) is 12.1 Å². The van der Waals surface area contributed by atoms with Gasteiger partial charge in [-0.25, -0.2) is 13.1 Å². The van der Waals surface area contributed by atoms with Gasteiger partial charge >= 0.3 is 0 Å². The molecule has 0 spiro atoms. The summed E-state index contributed by atoms with van der Waals surface area (Å²) < 4.78 is 26.1. The summed E-state index contributed by atoms with van der Waals surface area (Å²) in [4.78, 5) is 0.131. The first-order valence-corrected chi connectivity index (χ1v) is 7.57. The fraction of sp³-hybridized carbons (Fsp3) is 0.500. The number of anilines is 2. The van der Waals surface area contributed by atoms with Crippen molar-refractivity contribution in [2.75, 3.05) is 31.2 Å². The zero-order chi connectivity index (χ0) is 14.5. The summed E-state index contributed by atoms with van der Waals surface area (Å²) in [5.41, 5.74) is 6.53. The lowest BCUT2D eigenvalue weighted by Gasteiger charge is -2.16. The largest absolute Gasteiger partial charge is 0.399 e. The molecule has 5 N–H and O–H groups in total. The lowest BCUT2D eigenvalue weighted by atomic mass is 10.1. The van der Waals surface area contributed by atoms with Crippen molar-refractivity contribution in [2.45, 2.75) is 18.2 Å². The highest BCUT2D eigenvalue weighted by molar-refractivity contribution is 7.89. The number of nitrogen functional groups attached to an aromatic ring is 1. The number of sulfonamides is 1. The van der Waals surface area contributed by atoms with Crippen molar-refractivity contribution in [2.24, 2.45) is 5.92 Å². The molecule has 7 heteroatoms. The molecule has 0 aliphatic heterocycles. The van der Waals surface area contributed by atoms with E-state index in [4.69, 9.17) is 10.8 Å². The Morgan fingerprint density at radius 1 is 1.42 bits per heavy atom. The molecule has 0 aliphatic rings. The number of hydrogen-bond donors (Lipinski definition) is 4. The fourth-order valence-electron chi connectivity index (χ4n) is 1.62. The quantitative estimate of drug-likeness (QED) is 0.550. The van der Waals surface area contributed by atoms with Crippen molar-refractivity contribution in [1.82, 2.24) is 4.72 Å². The van der Waals surface area contributed by atoms with Gasteiger partial charge in [-0.3, -0.25) is 0 Å². The van der Waals surface area contributed by atoms with E-state index in [-0.39, 0.29) is 17.4 Å². The second-order valence-electron chi connectivity index (χ2n) is 4.46. The van der Waals surface area contributed by atoms with Crippen molar-refractivity contribution < 1.29 is 13.5 Å². The molecule has 0 heterocycles. The average molecular weight is 287 g/mol. The highest BCUT2D eigenvalue weighted by atomic mass is 32.2. The molecule has 108 valence electrons. The van der Waals surface area contributed by atoms with Gasteiger partial charge in [-0.15, -0.1) is 0 Å². The molecule has 1 aromatic rings. The molecule has 0 fully saturated rings. The summed E-state index contributed by atoms with van der Waals surface area (Å²) in [5, 5.41) is 11.9. The van der Waals surface area contributed by atoms with Gasteiger partial charge in [-0.05, 0) is 37.6 Å². The molecule has 1 unspecified atom stereocenters. The Labute approximate surface area is 114 Å². The van der Waals surface area contributed by atoms with Crippen molar-refractivity contribution in [1.29, 1.82) is 0 Å². The number of hydrogen-bond acceptors (Lipinski definition) is 5. The van der Waals surface area contributed by atoms with E-state index in [0.717, 1.165) is 0 Å². The van der Waals surface area contributed by atoms with Gasteiger partial charge < -0.3 is 16.2 Å². The molecule has 1 aromatic carbocycles. The van der Waals surface area contributed by atoms with Crippen LogP contribution in [0.2, 0.25) is 0 Å². The Balaban J connectivity index is 2.95. The van der Waals surface area contributed by atoms with E-state index in [1.807, 2.05) is 6.92 Å².